The highest BCUT2D eigenvalue weighted by atomic mass is 32.1. The van der Waals surface area contributed by atoms with Gasteiger partial charge in [-0.05, 0) is 23.7 Å². The topological polar surface area (TPSA) is 27.2 Å². The Kier molecular flexibility index (Phi) is 5.15. The second kappa shape index (κ2) is 7.70. The molecule has 0 radical (unpaired) electrons. The first kappa shape index (κ1) is 17.4. The lowest BCUT2D eigenvalue weighted by molar-refractivity contribution is -0.941. The fraction of sp³-hybridized carbons (Fsp3) is 0.300. The molecule has 1 N–H and O–H groups in total. The van der Waals surface area contributed by atoms with Crippen molar-refractivity contribution in [1.82, 2.24) is 14.3 Å². The molecule has 1 aromatic carbocycles. The van der Waals surface area contributed by atoms with Crippen molar-refractivity contribution in [2.45, 2.75) is 32.1 Å². The first-order valence-electron chi connectivity index (χ1n) is 9.00. The number of hydrogen-bond acceptors (Lipinski definition) is 3. The Balaban J connectivity index is 1.67. The summed E-state index contributed by atoms with van der Waals surface area (Å²) >= 11 is 7.61. The van der Waals surface area contributed by atoms with Crippen molar-refractivity contribution >= 4 is 23.6 Å². The Morgan fingerprint density at radius 2 is 2.12 bits per heavy atom. The number of likely N-dealkylation sites (tertiary alicyclic amines) is 1. The van der Waals surface area contributed by atoms with Gasteiger partial charge in [0.25, 0.3) is 0 Å². The lowest BCUT2D eigenvalue weighted by Gasteiger charge is -2.20. The van der Waals surface area contributed by atoms with E-state index in [1.807, 2.05) is 40.3 Å². The molecule has 1 aliphatic rings. The fourth-order valence-electron chi connectivity index (χ4n) is 3.76. The molecular formula is C20H23N4S2+. The number of nitrogens with one attached hydrogen (secondary N) is 1. The lowest BCUT2D eigenvalue weighted by atomic mass is 10.2. The number of thiophene rings is 1. The third kappa shape index (κ3) is 3.32. The predicted octanol–water partition coefficient (Wildman–Crippen LogP) is 3.71. The van der Waals surface area contributed by atoms with E-state index in [2.05, 4.69) is 40.8 Å². The van der Waals surface area contributed by atoms with Crippen LogP contribution in [0.25, 0.3) is 11.4 Å². The summed E-state index contributed by atoms with van der Waals surface area (Å²) in [7, 11) is 0. The molecule has 26 heavy (non-hydrogen) atoms. The molecule has 6 heteroatoms. The molecule has 4 nitrogen and oxygen atoms in total. The molecule has 0 aliphatic carbocycles. The molecule has 2 atom stereocenters. The van der Waals surface area contributed by atoms with Crippen molar-refractivity contribution in [2.75, 3.05) is 6.54 Å². The number of allylic oxidation sites excluding steroid dienone is 1. The smallest absolute Gasteiger partial charge is 0.203 e. The highest BCUT2D eigenvalue weighted by Gasteiger charge is 2.31. The van der Waals surface area contributed by atoms with E-state index in [4.69, 9.17) is 17.3 Å². The molecule has 1 unspecified atom stereocenters. The maximum atomic E-state index is 5.76. The van der Waals surface area contributed by atoms with Gasteiger partial charge in [-0.3, -0.25) is 4.57 Å². The second-order valence-electron chi connectivity index (χ2n) is 6.65. The van der Waals surface area contributed by atoms with Crippen LogP contribution in [0.15, 0.2) is 60.5 Å². The van der Waals surface area contributed by atoms with Gasteiger partial charge in [0.1, 0.15) is 6.04 Å². The van der Waals surface area contributed by atoms with E-state index in [1.165, 1.54) is 24.3 Å². The second-order valence-corrected chi connectivity index (χ2v) is 7.99. The van der Waals surface area contributed by atoms with Crippen LogP contribution < -0.4 is 4.90 Å². The van der Waals surface area contributed by atoms with Crippen LogP contribution >= 0.6 is 23.6 Å². The molecule has 0 spiro atoms. The van der Waals surface area contributed by atoms with Gasteiger partial charge >= 0.3 is 0 Å². The van der Waals surface area contributed by atoms with Crippen molar-refractivity contribution in [3.8, 4) is 11.4 Å². The summed E-state index contributed by atoms with van der Waals surface area (Å²) in [5.74, 6) is 0.918. The number of quaternary nitrogens is 1. The van der Waals surface area contributed by atoms with E-state index >= 15 is 0 Å². The van der Waals surface area contributed by atoms with Crippen LogP contribution in [0.4, 0.5) is 0 Å². The van der Waals surface area contributed by atoms with E-state index in [1.54, 1.807) is 4.90 Å². The minimum atomic E-state index is 0.557. The van der Waals surface area contributed by atoms with Gasteiger partial charge < -0.3 is 4.90 Å². The number of rotatable bonds is 6. The summed E-state index contributed by atoms with van der Waals surface area (Å²) in [5, 5.41) is 7.06. The van der Waals surface area contributed by atoms with Crippen molar-refractivity contribution in [2.24, 2.45) is 0 Å². The number of nitrogens with zero attached hydrogens (tertiary/aromatic N) is 3. The molecule has 0 bridgehead atoms. The van der Waals surface area contributed by atoms with Crippen molar-refractivity contribution < 1.29 is 4.90 Å². The third-order valence-electron chi connectivity index (χ3n) is 4.99. The van der Waals surface area contributed by atoms with Crippen LogP contribution in [-0.2, 0) is 13.2 Å². The van der Waals surface area contributed by atoms with E-state index in [0.29, 0.717) is 12.6 Å². The number of benzene rings is 1. The molecule has 3 heterocycles. The zero-order valence-corrected chi connectivity index (χ0v) is 16.3. The van der Waals surface area contributed by atoms with Crippen LogP contribution in [0.1, 0.15) is 23.8 Å². The standard InChI is InChI=1S/C20H22N4S2/c1-2-12-23-19(16-8-4-3-5-9-16)21-24(20(23)25)15-22-13-6-10-17(22)18-11-7-14-26-18/h2-5,7-9,11,14,17H,1,6,10,12-13,15H2/p+1/t17-/m1/s1. The van der Waals surface area contributed by atoms with E-state index in [9.17, 15) is 0 Å². The van der Waals surface area contributed by atoms with Crippen LogP contribution in [0.5, 0.6) is 0 Å². The van der Waals surface area contributed by atoms with E-state index in [-0.39, 0.29) is 0 Å². The van der Waals surface area contributed by atoms with Gasteiger partial charge in [0.15, 0.2) is 12.5 Å². The van der Waals surface area contributed by atoms with Gasteiger partial charge in [0.2, 0.25) is 4.77 Å². The summed E-state index contributed by atoms with van der Waals surface area (Å²) in [6, 6.07) is 15.2. The Bertz CT molecular complexity index is 925. The highest BCUT2D eigenvalue weighted by Crippen LogP contribution is 2.24. The molecule has 0 saturated carbocycles. The lowest BCUT2D eigenvalue weighted by Crippen LogP contribution is -3.09. The van der Waals surface area contributed by atoms with Crippen molar-refractivity contribution in [1.29, 1.82) is 0 Å². The monoisotopic (exact) mass is 383 g/mol. The molecule has 3 aromatic rings. The molecular weight excluding hydrogens is 360 g/mol. The van der Waals surface area contributed by atoms with Crippen molar-refractivity contribution in [3.63, 3.8) is 0 Å². The van der Waals surface area contributed by atoms with Gasteiger partial charge in [-0.1, -0.05) is 42.5 Å². The average Bonchev–Trinajstić information content (AvgIpc) is 3.39. The maximum Gasteiger partial charge on any atom is 0.203 e. The van der Waals surface area contributed by atoms with Gasteiger partial charge in [0, 0.05) is 24.9 Å². The van der Waals surface area contributed by atoms with Gasteiger partial charge in [-0.25, -0.2) is 0 Å². The first-order chi connectivity index (χ1) is 12.8. The van der Waals surface area contributed by atoms with Crippen molar-refractivity contribution in [3.05, 3.63) is 70.1 Å². The van der Waals surface area contributed by atoms with E-state index in [0.717, 1.165) is 22.8 Å². The summed E-state index contributed by atoms with van der Waals surface area (Å²) < 4.78 is 4.85. The zero-order chi connectivity index (χ0) is 17.9. The minimum Gasteiger partial charge on any atom is -0.309 e. The summed E-state index contributed by atoms with van der Waals surface area (Å²) in [6.45, 7) is 6.53. The Morgan fingerprint density at radius 3 is 2.85 bits per heavy atom. The zero-order valence-electron chi connectivity index (χ0n) is 14.7. The first-order valence-corrected chi connectivity index (χ1v) is 10.3. The number of aromatic nitrogens is 3. The molecule has 1 saturated heterocycles. The van der Waals surface area contributed by atoms with Crippen LogP contribution in [-0.4, -0.2) is 20.9 Å². The van der Waals surface area contributed by atoms with Gasteiger partial charge in [-0.15, -0.1) is 23.0 Å². The molecule has 1 aliphatic heterocycles. The van der Waals surface area contributed by atoms with Crippen LogP contribution in [0.3, 0.4) is 0 Å². The average molecular weight is 384 g/mol. The maximum absolute atomic E-state index is 5.76. The van der Waals surface area contributed by atoms with Crippen LogP contribution in [0.2, 0.25) is 0 Å². The summed E-state index contributed by atoms with van der Waals surface area (Å²) in [5.41, 5.74) is 1.09. The normalized spacial score (nSPS) is 19.7. The molecule has 4 rings (SSSR count). The van der Waals surface area contributed by atoms with Crippen LogP contribution in [0, 0.1) is 4.77 Å². The van der Waals surface area contributed by atoms with E-state index < -0.39 is 0 Å². The predicted molar refractivity (Wildman–Crippen MR) is 109 cm³/mol. The highest BCUT2D eigenvalue weighted by molar-refractivity contribution is 7.71. The Hall–Kier alpha value is -2.02. The SMILES string of the molecule is C=CCn1c(-c2ccccc2)nn(C[NH+]2CCC[C@@H]2c2cccs2)c1=S. The summed E-state index contributed by atoms with van der Waals surface area (Å²) in [6.07, 6.45) is 4.37. The number of hydrogen-bond donors (Lipinski definition) is 1. The molecule has 0 amide bonds. The Labute approximate surface area is 163 Å². The summed E-state index contributed by atoms with van der Waals surface area (Å²) in [4.78, 5) is 3.02. The Morgan fingerprint density at radius 1 is 1.27 bits per heavy atom. The quantitative estimate of drug-likeness (QED) is 0.519. The van der Waals surface area contributed by atoms with Gasteiger partial charge in [-0.2, -0.15) is 4.68 Å². The molecule has 2 aromatic heterocycles. The fourth-order valence-corrected chi connectivity index (χ4v) is 4.95. The molecule has 134 valence electrons. The largest absolute Gasteiger partial charge is 0.309 e. The molecule has 1 fully saturated rings. The minimum absolute atomic E-state index is 0.557. The van der Waals surface area contributed by atoms with Gasteiger partial charge in [0.05, 0.1) is 11.4 Å². The third-order valence-corrected chi connectivity index (χ3v) is 6.41.